The maximum Gasteiger partial charge on any atom is 0.328 e. The van der Waals surface area contributed by atoms with Gasteiger partial charge in [0.1, 0.15) is 5.75 Å². The molecular formula is C35H27BrN2O6. The first-order valence-electron chi connectivity index (χ1n) is 14.4. The van der Waals surface area contributed by atoms with Crippen LogP contribution in [-0.4, -0.2) is 39.4 Å². The molecule has 8 nitrogen and oxygen atoms in total. The Hall–Kier alpha value is -4.63. The molecule has 4 amide bonds. The van der Waals surface area contributed by atoms with Gasteiger partial charge in [0.15, 0.2) is 11.6 Å². The van der Waals surface area contributed by atoms with E-state index in [4.69, 9.17) is 5.73 Å². The summed E-state index contributed by atoms with van der Waals surface area (Å²) in [6.07, 6.45) is 3.53. The number of phenolic OH excluding ortho intramolecular Hbond substituents is 1. The Bertz CT molecular complexity index is 1830. The van der Waals surface area contributed by atoms with Gasteiger partial charge in [0, 0.05) is 27.4 Å². The molecule has 44 heavy (non-hydrogen) atoms. The quantitative estimate of drug-likeness (QED) is 0.301. The number of hydrogen-bond acceptors (Lipinski definition) is 6. The third kappa shape index (κ3) is 3.85. The average molecular weight is 652 g/mol. The zero-order valence-corrected chi connectivity index (χ0v) is 24.9. The van der Waals surface area contributed by atoms with Gasteiger partial charge in [-0.2, -0.15) is 4.90 Å². The number of allylic oxidation sites excluding steroid dienone is 4. The summed E-state index contributed by atoms with van der Waals surface area (Å²) in [6, 6.07) is 21.9. The van der Waals surface area contributed by atoms with Crippen molar-refractivity contribution in [1.82, 2.24) is 4.90 Å². The van der Waals surface area contributed by atoms with E-state index in [1.807, 2.05) is 42.5 Å². The number of hydrogen-bond donors (Lipinski definition) is 2. The molecule has 3 aliphatic carbocycles. The van der Waals surface area contributed by atoms with Gasteiger partial charge in [-0.25, -0.2) is 4.79 Å². The summed E-state index contributed by atoms with van der Waals surface area (Å²) in [4.78, 5) is 69.3. The van der Waals surface area contributed by atoms with Crippen molar-refractivity contribution in [1.29, 1.82) is 0 Å². The summed E-state index contributed by atoms with van der Waals surface area (Å²) < 4.78 is 0.656. The molecule has 1 heterocycles. The minimum absolute atomic E-state index is 0.0680. The molecule has 4 aliphatic rings. The lowest BCUT2D eigenvalue weighted by Gasteiger charge is -2.55. The molecule has 9 heteroatoms. The van der Waals surface area contributed by atoms with E-state index in [9.17, 15) is 29.1 Å². The summed E-state index contributed by atoms with van der Waals surface area (Å²) in [5.74, 6) is -6.18. The average Bonchev–Trinajstić information content (AvgIpc) is 3.29. The van der Waals surface area contributed by atoms with Crippen LogP contribution < -0.4 is 5.73 Å². The third-order valence-corrected chi connectivity index (χ3v) is 10.4. The number of amides is 4. The summed E-state index contributed by atoms with van der Waals surface area (Å²) in [6.45, 7) is 0. The van der Waals surface area contributed by atoms with Crippen molar-refractivity contribution < 1.29 is 29.1 Å². The van der Waals surface area contributed by atoms with Crippen LogP contribution in [0.3, 0.4) is 0 Å². The van der Waals surface area contributed by atoms with Gasteiger partial charge < -0.3 is 10.8 Å². The van der Waals surface area contributed by atoms with Gasteiger partial charge in [0.2, 0.25) is 11.8 Å². The highest BCUT2D eigenvalue weighted by atomic mass is 79.9. The zero-order chi connectivity index (χ0) is 30.9. The van der Waals surface area contributed by atoms with Crippen molar-refractivity contribution in [3.05, 3.63) is 118 Å². The Morgan fingerprint density at radius 2 is 1.59 bits per heavy atom. The van der Waals surface area contributed by atoms with Gasteiger partial charge in [-0.05, 0) is 54.2 Å². The number of nitrogens with two attached hydrogens (primary N) is 1. The maximum absolute atomic E-state index is 14.9. The first-order valence-corrected chi connectivity index (χ1v) is 15.2. The fourth-order valence-electron chi connectivity index (χ4n) is 8.19. The zero-order valence-electron chi connectivity index (χ0n) is 23.4. The molecule has 3 aromatic rings. The lowest BCUT2D eigenvalue weighted by Crippen LogP contribution is -2.58. The number of primary amides is 1. The Morgan fingerprint density at radius 3 is 2.27 bits per heavy atom. The number of fused-ring (bicyclic) bond motifs is 4. The van der Waals surface area contributed by atoms with Crippen LogP contribution in [0.25, 0.3) is 5.57 Å². The van der Waals surface area contributed by atoms with Crippen molar-refractivity contribution >= 4 is 50.9 Å². The lowest BCUT2D eigenvalue weighted by molar-refractivity contribution is -0.137. The highest BCUT2D eigenvalue weighted by Gasteiger charge is 2.66. The topological polar surface area (TPSA) is 135 Å². The van der Waals surface area contributed by atoms with Gasteiger partial charge in [-0.1, -0.05) is 88.2 Å². The molecule has 6 atom stereocenters. The van der Waals surface area contributed by atoms with Gasteiger partial charge in [-0.3, -0.25) is 19.2 Å². The highest BCUT2D eigenvalue weighted by molar-refractivity contribution is 9.10. The van der Waals surface area contributed by atoms with Gasteiger partial charge in [0.05, 0.1) is 17.3 Å². The number of halogens is 1. The second kappa shape index (κ2) is 10.2. The molecule has 0 unspecified atom stereocenters. The van der Waals surface area contributed by atoms with Crippen LogP contribution in [0.2, 0.25) is 0 Å². The van der Waals surface area contributed by atoms with Crippen molar-refractivity contribution in [2.45, 2.75) is 24.2 Å². The van der Waals surface area contributed by atoms with Crippen molar-refractivity contribution in [2.75, 3.05) is 0 Å². The van der Waals surface area contributed by atoms with Crippen LogP contribution >= 0.6 is 15.9 Å². The molecular weight excluding hydrogens is 624 g/mol. The van der Waals surface area contributed by atoms with Crippen molar-refractivity contribution in [2.24, 2.45) is 29.4 Å². The second-order valence-corrected chi connectivity index (χ2v) is 12.8. The fraction of sp³-hybridized carbons (Fsp3) is 0.229. The Morgan fingerprint density at radius 1 is 0.909 bits per heavy atom. The molecule has 1 saturated carbocycles. The smallest absolute Gasteiger partial charge is 0.328 e. The van der Waals surface area contributed by atoms with Crippen LogP contribution in [0.4, 0.5) is 4.79 Å². The monoisotopic (exact) mass is 650 g/mol. The predicted octanol–water partition coefficient (Wildman–Crippen LogP) is 5.06. The molecule has 1 saturated heterocycles. The van der Waals surface area contributed by atoms with Crippen molar-refractivity contribution in [3.8, 4) is 5.75 Å². The van der Waals surface area contributed by atoms with E-state index in [0.29, 0.717) is 31.6 Å². The van der Waals surface area contributed by atoms with Crippen LogP contribution in [0.1, 0.15) is 35.4 Å². The molecule has 2 fully saturated rings. The number of ketones is 2. The van der Waals surface area contributed by atoms with Gasteiger partial charge >= 0.3 is 6.03 Å². The van der Waals surface area contributed by atoms with E-state index in [-0.39, 0.29) is 35.7 Å². The Kier molecular flexibility index (Phi) is 6.55. The highest BCUT2D eigenvalue weighted by Crippen LogP contribution is 2.64. The second-order valence-electron chi connectivity index (χ2n) is 11.8. The van der Waals surface area contributed by atoms with Gasteiger partial charge in [0.25, 0.3) is 0 Å². The van der Waals surface area contributed by atoms with Crippen LogP contribution in [0.15, 0.2) is 101 Å². The van der Waals surface area contributed by atoms with Gasteiger partial charge in [-0.15, -0.1) is 0 Å². The molecule has 0 aromatic heterocycles. The standard InChI is InChI=1S/C35H27BrN2O6/c36-20-11-14-27(39)25(15-20)30-21-12-13-22-29(33(43)38(32(22)42)34(37)44)24(21)16-26-31(41)23(18-7-3-1-4-8-18)17-28(40)35(26,30)19-9-5-2-6-10-19/h1-12,14-15,17,22,24,26,29-30,39H,13,16H2,(H2,37,44)/t22-,24+,26-,29-,30+,35-/m0/s1. The number of nitrogens with zero attached hydrogens (tertiary/aromatic N) is 1. The number of urea groups is 1. The number of likely N-dealkylation sites (tertiary alicyclic amines) is 1. The number of Topliss-reactive ketones (excluding diaryl/α,β-unsaturated/α-hetero) is 1. The number of rotatable bonds is 3. The number of imide groups is 3. The maximum atomic E-state index is 14.9. The first-order chi connectivity index (χ1) is 21.2. The fourth-order valence-corrected chi connectivity index (χ4v) is 8.57. The minimum atomic E-state index is -1.46. The molecule has 0 spiro atoms. The first kappa shape index (κ1) is 28.2. The molecule has 3 aromatic carbocycles. The van der Waals surface area contributed by atoms with Crippen LogP contribution in [0.5, 0.6) is 5.75 Å². The number of carbonyl (C=O) groups excluding carboxylic acids is 5. The molecule has 220 valence electrons. The number of aromatic hydroxyl groups is 1. The number of benzene rings is 3. The summed E-state index contributed by atoms with van der Waals surface area (Å²) in [5, 5.41) is 11.4. The van der Waals surface area contributed by atoms with E-state index < -0.39 is 52.8 Å². The molecule has 0 bridgehead atoms. The number of carbonyl (C=O) groups is 5. The Balaban J connectivity index is 1.53. The van der Waals surface area contributed by atoms with E-state index in [1.54, 1.807) is 36.4 Å². The van der Waals surface area contributed by atoms with E-state index >= 15 is 0 Å². The normalized spacial score (nSPS) is 29.4. The molecule has 1 aliphatic heterocycles. The summed E-state index contributed by atoms with van der Waals surface area (Å²) >= 11 is 3.52. The molecule has 3 N–H and O–H groups in total. The summed E-state index contributed by atoms with van der Waals surface area (Å²) in [5.41, 5.74) is 6.60. The largest absolute Gasteiger partial charge is 0.508 e. The van der Waals surface area contributed by atoms with Crippen molar-refractivity contribution in [3.63, 3.8) is 0 Å². The van der Waals surface area contributed by atoms with Crippen LogP contribution in [-0.2, 0) is 24.6 Å². The lowest BCUT2D eigenvalue weighted by atomic mass is 9.44. The van der Waals surface area contributed by atoms with E-state index in [1.165, 1.54) is 12.1 Å². The summed E-state index contributed by atoms with van der Waals surface area (Å²) in [7, 11) is 0. The minimum Gasteiger partial charge on any atom is -0.508 e. The molecule has 0 radical (unpaired) electrons. The number of phenols is 1. The predicted molar refractivity (Wildman–Crippen MR) is 164 cm³/mol. The Labute approximate surface area is 261 Å². The van der Waals surface area contributed by atoms with E-state index in [2.05, 4.69) is 15.9 Å². The third-order valence-electron chi connectivity index (χ3n) is 9.90. The molecule has 7 rings (SSSR count). The SMILES string of the molecule is NC(=O)N1C(=O)[C@H]2[C@H](CC=C3[C@H]2C[C@H]2C(=O)C(c4ccccc4)=CC(=O)[C@@]2(c2ccccc2)[C@H]3c2cc(Br)ccc2O)C1=O. The van der Waals surface area contributed by atoms with Crippen LogP contribution in [0, 0.1) is 23.7 Å². The van der Waals surface area contributed by atoms with E-state index in [0.717, 1.165) is 0 Å².